The zero-order valence-electron chi connectivity index (χ0n) is 17.3. The van der Waals surface area contributed by atoms with Crippen LogP contribution in [0, 0.1) is 5.82 Å². The number of carbonyl (C=O) groups is 1. The van der Waals surface area contributed by atoms with Crippen molar-refractivity contribution < 1.29 is 27.1 Å². The summed E-state index contributed by atoms with van der Waals surface area (Å²) in [5.41, 5.74) is 0.919. The van der Waals surface area contributed by atoms with Gasteiger partial charge in [0, 0.05) is 37.3 Å². The topological polar surface area (TPSA) is 76.1 Å². The van der Waals surface area contributed by atoms with Crippen LogP contribution in [0.5, 0.6) is 11.5 Å². The highest BCUT2D eigenvalue weighted by Gasteiger charge is 2.31. The highest BCUT2D eigenvalue weighted by molar-refractivity contribution is 7.89. The first-order valence-electron chi connectivity index (χ1n) is 10.4. The van der Waals surface area contributed by atoms with Crippen LogP contribution in [-0.2, 0) is 16.6 Å². The number of benzene rings is 2. The van der Waals surface area contributed by atoms with Gasteiger partial charge in [0.05, 0.1) is 0 Å². The number of ether oxygens (including phenoxy) is 2. The average Bonchev–Trinajstić information content (AvgIpc) is 3.33. The molecule has 1 fully saturated rings. The Kier molecular flexibility index (Phi) is 6.15. The Hall–Kier alpha value is -2.65. The predicted molar refractivity (Wildman–Crippen MR) is 112 cm³/mol. The minimum Gasteiger partial charge on any atom is -0.486 e. The molecule has 0 atom stereocenters. The molecular formula is C22H25FN2O5S. The molecule has 2 aliphatic heterocycles. The quantitative estimate of drug-likeness (QED) is 0.679. The Balaban J connectivity index is 1.61. The van der Waals surface area contributed by atoms with Gasteiger partial charge in [0.25, 0.3) is 5.91 Å². The molecule has 7 nitrogen and oxygen atoms in total. The summed E-state index contributed by atoms with van der Waals surface area (Å²) in [6.07, 6.45) is 1.49. The van der Waals surface area contributed by atoms with Crippen LogP contribution in [0.4, 0.5) is 4.39 Å². The van der Waals surface area contributed by atoms with Crippen molar-refractivity contribution in [1.82, 2.24) is 9.21 Å². The Morgan fingerprint density at radius 3 is 2.61 bits per heavy atom. The molecule has 0 saturated carbocycles. The summed E-state index contributed by atoms with van der Waals surface area (Å²) in [6.45, 7) is 4.10. The second-order valence-corrected chi connectivity index (χ2v) is 9.42. The maximum Gasteiger partial charge on any atom is 0.254 e. The van der Waals surface area contributed by atoms with Crippen LogP contribution in [0.3, 0.4) is 0 Å². The summed E-state index contributed by atoms with van der Waals surface area (Å²) >= 11 is 0. The Bertz CT molecular complexity index is 1080. The van der Waals surface area contributed by atoms with Gasteiger partial charge in [-0.05, 0) is 44.0 Å². The number of hydrogen-bond acceptors (Lipinski definition) is 5. The Morgan fingerprint density at radius 1 is 1.13 bits per heavy atom. The molecule has 2 aromatic carbocycles. The van der Waals surface area contributed by atoms with Crippen molar-refractivity contribution in [3.63, 3.8) is 0 Å². The number of halogens is 1. The molecule has 2 heterocycles. The summed E-state index contributed by atoms with van der Waals surface area (Å²) in [5, 5.41) is 0. The summed E-state index contributed by atoms with van der Waals surface area (Å²) in [7, 11) is -3.98. The van der Waals surface area contributed by atoms with Gasteiger partial charge in [0.15, 0.2) is 11.5 Å². The molecule has 9 heteroatoms. The SMILES string of the molecule is CCN(Cc1cccc2c1OCCO2)C(=O)c1ccc(F)c(S(=O)(=O)N2CCCC2)c1. The van der Waals surface area contributed by atoms with E-state index in [4.69, 9.17) is 9.47 Å². The van der Waals surface area contributed by atoms with Crippen LogP contribution >= 0.6 is 0 Å². The van der Waals surface area contributed by atoms with Crippen molar-refractivity contribution in [2.45, 2.75) is 31.2 Å². The minimum absolute atomic E-state index is 0.128. The van der Waals surface area contributed by atoms with Gasteiger partial charge in [0.2, 0.25) is 10.0 Å². The third kappa shape index (κ3) is 4.24. The number of nitrogens with zero attached hydrogens (tertiary/aromatic N) is 2. The molecule has 0 bridgehead atoms. The van der Waals surface area contributed by atoms with E-state index in [2.05, 4.69) is 0 Å². The van der Waals surface area contributed by atoms with Gasteiger partial charge in [0.1, 0.15) is 23.9 Å². The van der Waals surface area contributed by atoms with Crippen LogP contribution in [-0.4, -0.2) is 56.4 Å². The molecule has 0 spiro atoms. The number of para-hydroxylation sites is 1. The van der Waals surface area contributed by atoms with Crippen LogP contribution in [0.2, 0.25) is 0 Å². The normalized spacial score (nSPS) is 16.3. The van der Waals surface area contributed by atoms with Gasteiger partial charge in [-0.3, -0.25) is 4.79 Å². The van der Waals surface area contributed by atoms with Crippen molar-refractivity contribution in [2.75, 3.05) is 32.8 Å². The summed E-state index contributed by atoms with van der Waals surface area (Å²) in [5.74, 6) is 0.00770. The molecular weight excluding hydrogens is 423 g/mol. The van der Waals surface area contributed by atoms with Gasteiger partial charge in [-0.2, -0.15) is 4.31 Å². The molecule has 2 aromatic rings. The Labute approximate surface area is 181 Å². The van der Waals surface area contributed by atoms with Gasteiger partial charge in [-0.15, -0.1) is 0 Å². The van der Waals surface area contributed by atoms with E-state index < -0.39 is 20.7 Å². The van der Waals surface area contributed by atoms with E-state index in [0.29, 0.717) is 44.3 Å². The molecule has 0 aromatic heterocycles. The lowest BCUT2D eigenvalue weighted by Crippen LogP contribution is -2.32. The fourth-order valence-electron chi connectivity index (χ4n) is 3.88. The fourth-order valence-corrected chi connectivity index (χ4v) is 5.48. The molecule has 4 rings (SSSR count). The zero-order valence-corrected chi connectivity index (χ0v) is 18.2. The average molecular weight is 449 g/mol. The first-order chi connectivity index (χ1) is 14.9. The largest absolute Gasteiger partial charge is 0.486 e. The zero-order chi connectivity index (χ0) is 22.0. The maximum absolute atomic E-state index is 14.4. The van der Waals surface area contributed by atoms with Crippen LogP contribution in [0.15, 0.2) is 41.3 Å². The van der Waals surface area contributed by atoms with Gasteiger partial charge in [-0.25, -0.2) is 12.8 Å². The first kappa shape index (κ1) is 21.6. The minimum atomic E-state index is -3.98. The molecule has 166 valence electrons. The highest BCUT2D eigenvalue weighted by Crippen LogP contribution is 2.34. The van der Waals surface area contributed by atoms with Crippen LogP contribution in [0.25, 0.3) is 0 Å². The molecule has 0 aliphatic carbocycles. The second kappa shape index (κ2) is 8.84. The van der Waals surface area contributed by atoms with Gasteiger partial charge >= 0.3 is 0 Å². The second-order valence-electron chi connectivity index (χ2n) is 7.52. The number of amides is 1. The first-order valence-corrected chi connectivity index (χ1v) is 11.8. The van der Waals surface area contributed by atoms with E-state index in [1.165, 1.54) is 10.4 Å². The third-order valence-corrected chi connectivity index (χ3v) is 7.45. The van der Waals surface area contributed by atoms with Gasteiger partial charge < -0.3 is 14.4 Å². The molecule has 2 aliphatic rings. The number of sulfonamides is 1. The van der Waals surface area contributed by atoms with Crippen molar-refractivity contribution >= 4 is 15.9 Å². The van der Waals surface area contributed by atoms with Crippen molar-refractivity contribution in [3.8, 4) is 11.5 Å². The standard InChI is InChI=1S/C22H25FN2O5S/c1-2-24(15-17-6-5-7-19-21(17)30-13-12-29-19)22(26)16-8-9-18(23)20(14-16)31(27,28)25-10-3-4-11-25/h5-9,14H,2-4,10-13,15H2,1H3. The molecule has 0 radical (unpaired) electrons. The fraction of sp³-hybridized carbons (Fsp3) is 0.409. The number of hydrogen-bond donors (Lipinski definition) is 0. The Morgan fingerprint density at radius 2 is 1.87 bits per heavy atom. The lowest BCUT2D eigenvalue weighted by atomic mass is 10.1. The van der Waals surface area contributed by atoms with Crippen LogP contribution in [0.1, 0.15) is 35.7 Å². The lowest BCUT2D eigenvalue weighted by molar-refractivity contribution is 0.0748. The molecule has 0 N–H and O–H groups in total. The van der Waals surface area contributed by atoms with Crippen molar-refractivity contribution in [3.05, 3.63) is 53.3 Å². The van der Waals surface area contributed by atoms with E-state index in [-0.39, 0.29) is 18.0 Å². The third-order valence-electron chi connectivity index (χ3n) is 5.54. The molecule has 0 unspecified atom stereocenters. The molecule has 1 amide bonds. The van der Waals surface area contributed by atoms with Gasteiger partial charge in [-0.1, -0.05) is 12.1 Å². The van der Waals surface area contributed by atoms with E-state index in [9.17, 15) is 17.6 Å². The highest BCUT2D eigenvalue weighted by atomic mass is 32.2. The number of rotatable bonds is 6. The summed E-state index contributed by atoms with van der Waals surface area (Å²) in [4.78, 5) is 14.3. The van der Waals surface area contributed by atoms with E-state index >= 15 is 0 Å². The van der Waals surface area contributed by atoms with E-state index in [1.807, 2.05) is 25.1 Å². The van der Waals surface area contributed by atoms with E-state index in [0.717, 1.165) is 30.5 Å². The number of carbonyl (C=O) groups excluding carboxylic acids is 1. The predicted octanol–water partition coefficient (Wildman–Crippen LogP) is 3.04. The summed E-state index contributed by atoms with van der Waals surface area (Å²) in [6, 6.07) is 9.02. The van der Waals surface area contributed by atoms with Crippen molar-refractivity contribution in [2.24, 2.45) is 0 Å². The monoisotopic (exact) mass is 448 g/mol. The van der Waals surface area contributed by atoms with Crippen LogP contribution < -0.4 is 9.47 Å². The van der Waals surface area contributed by atoms with Crippen molar-refractivity contribution in [1.29, 1.82) is 0 Å². The lowest BCUT2D eigenvalue weighted by Gasteiger charge is -2.25. The smallest absolute Gasteiger partial charge is 0.254 e. The summed E-state index contributed by atoms with van der Waals surface area (Å²) < 4.78 is 52.7. The molecule has 1 saturated heterocycles. The molecule has 31 heavy (non-hydrogen) atoms. The number of fused-ring (bicyclic) bond motifs is 1. The van der Waals surface area contributed by atoms with E-state index in [1.54, 1.807) is 4.90 Å². The maximum atomic E-state index is 14.4.